The molecule has 31 heavy (non-hydrogen) atoms. The highest BCUT2D eigenvalue weighted by Gasteiger charge is 2.21. The standard InChI is InChI=1S/C25H34N2O4/c1-18(2)23-6-5-22(12-19(23)3)29-16-21(28)15-27-10-8-26(9-11-27)14-20-4-7-24-25(13-20)31-17-30-24/h4-7,12-13,18,21,28H,8-11,14-17H2,1-3H3. The summed E-state index contributed by atoms with van der Waals surface area (Å²) >= 11 is 0. The molecule has 0 aromatic heterocycles. The summed E-state index contributed by atoms with van der Waals surface area (Å²) in [4.78, 5) is 4.76. The largest absolute Gasteiger partial charge is 0.491 e. The van der Waals surface area contributed by atoms with Crippen molar-refractivity contribution in [2.24, 2.45) is 0 Å². The van der Waals surface area contributed by atoms with Crippen molar-refractivity contribution < 1.29 is 19.3 Å². The normalized spacial score (nSPS) is 17.8. The van der Waals surface area contributed by atoms with Crippen LogP contribution < -0.4 is 14.2 Å². The monoisotopic (exact) mass is 426 g/mol. The summed E-state index contributed by atoms with van der Waals surface area (Å²) in [6, 6.07) is 12.4. The molecule has 1 N–H and O–H groups in total. The van der Waals surface area contributed by atoms with Crippen LogP contribution in [0.3, 0.4) is 0 Å². The molecule has 2 heterocycles. The quantitative estimate of drug-likeness (QED) is 0.698. The lowest BCUT2D eigenvalue weighted by Crippen LogP contribution is -2.48. The van der Waals surface area contributed by atoms with Gasteiger partial charge >= 0.3 is 0 Å². The first-order valence-electron chi connectivity index (χ1n) is 11.2. The van der Waals surface area contributed by atoms with E-state index in [1.807, 2.05) is 12.1 Å². The van der Waals surface area contributed by atoms with Gasteiger partial charge in [0.15, 0.2) is 11.5 Å². The third-order valence-electron chi connectivity index (χ3n) is 6.08. The number of rotatable bonds is 8. The smallest absolute Gasteiger partial charge is 0.231 e. The maximum absolute atomic E-state index is 10.5. The van der Waals surface area contributed by atoms with Crippen LogP contribution in [-0.4, -0.2) is 67.1 Å². The van der Waals surface area contributed by atoms with Gasteiger partial charge in [0.1, 0.15) is 18.5 Å². The van der Waals surface area contributed by atoms with Gasteiger partial charge < -0.3 is 19.3 Å². The van der Waals surface area contributed by atoms with Gasteiger partial charge in [0, 0.05) is 39.3 Å². The van der Waals surface area contributed by atoms with Crippen LogP contribution in [0.5, 0.6) is 17.2 Å². The van der Waals surface area contributed by atoms with E-state index in [2.05, 4.69) is 54.8 Å². The second kappa shape index (κ2) is 9.90. The van der Waals surface area contributed by atoms with E-state index < -0.39 is 6.10 Å². The average Bonchev–Trinajstić information content (AvgIpc) is 3.21. The van der Waals surface area contributed by atoms with Crippen LogP contribution in [0.2, 0.25) is 0 Å². The van der Waals surface area contributed by atoms with Crippen LogP contribution in [0, 0.1) is 6.92 Å². The van der Waals surface area contributed by atoms with Gasteiger partial charge in [-0.05, 0) is 53.8 Å². The fraction of sp³-hybridized carbons (Fsp3) is 0.520. The summed E-state index contributed by atoms with van der Waals surface area (Å²) in [6.45, 7) is 12.5. The molecule has 1 atom stereocenters. The minimum atomic E-state index is -0.495. The molecule has 2 aromatic rings. The van der Waals surface area contributed by atoms with E-state index in [9.17, 15) is 5.11 Å². The Bertz CT molecular complexity index is 878. The summed E-state index contributed by atoms with van der Waals surface area (Å²) in [6.07, 6.45) is -0.495. The minimum Gasteiger partial charge on any atom is -0.491 e. The first-order valence-corrected chi connectivity index (χ1v) is 11.2. The second-order valence-electron chi connectivity index (χ2n) is 8.90. The van der Waals surface area contributed by atoms with Gasteiger partial charge in [0.2, 0.25) is 6.79 Å². The lowest BCUT2D eigenvalue weighted by Gasteiger charge is -2.35. The zero-order chi connectivity index (χ0) is 21.8. The Kier molecular flexibility index (Phi) is 7.00. The maximum atomic E-state index is 10.5. The minimum absolute atomic E-state index is 0.312. The molecule has 1 fully saturated rings. The Morgan fingerprint density at radius 1 is 0.968 bits per heavy atom. The van der Waals surface area contributed by atoms with Crippen LogP contribution in [0.4, 0.5) is 0 Å². The van der Waals surface area contributed by atoms with Crippen LogP contribution >= 0.6 is 0 Å². The van der Waals surface area contributed by atoms with Gasteiger partial charge in [0.05, 0.1) is 0 Å². The molecule has 0 radical (unpaired) electrons. The molecule has 2 aliphatic rings. The highest BCUT2D eigenvalue weighted by atomic mass is 16.7. The Hall–Kier alpha value is -2.28. The fourth-order valence-corrected chi connectivity index (χ4v) is 4.36. The van der Waals surface area contributed by atoms with Gasteiger partial charge in [-0.15, -0.1) is 0 Å². The van der Waals surface area contributed by atoms with Crippen molar-refractivity contribution in [3.05, 3.63) is 53.1 Å². The van der Waals surface area contributed by atoms with Crippen molar-refractivity contribution in [2.75, 3.05) is 46.1 Å². The topological polar surface area (TPSA) is 54.4 Å². The van der Waals surface area contributed by atoms with Crippen LogP contribution in [0.1, 0.15) is 36.5 Å². The number of ether oxygens (including phenoxy) is 3. The number of nitrogens with zero attached hydrogens (tertiary/aromatic N) is 2. The number of β-amino-alcohol motifs (C(OH)–C–C–N with tert-alkyl or cyclic N) is 1. The summed E-state index contributed by atoms with van der Waals surface area (Å²) in [5.74, 6) is 3.00. The molecule has 0 aliphatic carbocycles. The van der Waals surface area contributed by atoms with Crippen LogP contribution in [0.25, 0.3) is 0 Å². The number of fused-ring (bicyclic) bond motifs is 1. The lowest BCUT2D eigenvalue weighted by molar-refractivity contribution is 0.0446. The zero-order valence-corrected chi connectivity index (χ0v) is 18.8. The Morgan fingerprint density at radius 3 is 2.45 bits per heavy atom. The van der Waals surface area contributed by atoms with Crippen molar-refractivity contribution in [3.8, 4) is 17.2 Å². The van der Waals surface area contributed by atoms with Crippen LogP contribution in [0.15, 0.2) is 36.4 Å². The number of aliphatic hydroxyl groups excluding tert-OH is 1. The van der Waals surface area contributed by atoms with Crippen molar-refractivity contribution in [3.63, 3.8) is 0 Å². The first kappa shape index (κ1) is 21.9. The average molecular weight is 427 g/mol. The van der Waals surface area contributed by atoms with E-state index in [-0.39, 0.29) is 0 Å². The van der Waals surface area contributed by atoms with E-state index in [0.29, 0.717) is 25.9 Å². The third-order valence-corrected chi connectivity index (χ3v) is 6.08. The number of aryl methyl sites for hydroxylation is 1. The number of aliphatic hydroxyl groups is 1. The van der Waals surface area contributed by atoms with Crippen molar-refractivity contribution in [1.29, 1.82) is 0 Å². The SMILES string of the molecule is Cc1cc(OCC(O)CN2CCN(Cc3ccc4c(c3)OCO4)CC2)ccc1C(C)C. The molecule has 6 heteroatoms. The molecular weight excluding hydrogens is 392 g/mol. The lowest BCUT2D eigenvalue weighted by atomic mass is 9.98. The van der Waals surface area contributed by atoms with E-state index in [4.69, 9.17) is 14.2 Å². The number of piperazine rings is 1. The van der Waals surface area contributed by atoms with Crippen molar-refractivity contribution in [1.82, 2.24) is 9.80 Å². The van der Waals surface area contributed by atoms with Gasteiger partial charge in [-0.25, -0.2) is 0 Å². The predicted octanol–water partition coefficient (Wildman–Crippen LogP) is 3.40. The molecule has 0 saturated carbocycles. The maximum Gasteiger partial charge on any atom is 0.231 e. The highest BCUT2D eigenvalue weighted by molar-refractivity contribution is 5.44. The Labute approximate surface area is 185 Å². The first-order chi connectivity index (χ1) is 15.0. The molecule has 4 rings (SSSR count). The van der Waals surface area contributed by atoms with Gasteiger partial charge in [0.25, 0.3) is 0 Å². The van der Waals surface area contributed by atoms with Crippen molar-refractivity contribution in [2.45, 2.75) is 39.3 Å². The molecule has 1 saturated heterocycles. The third kappa shape index (κ3) is 5.70. The van der Waals surface area contributed by atoms with Gasteiger partial charge in [-0.3, -0.25) is 9.80 Å². The molecule has 168 valence electrons. The molecule has 1 unspecified atom stereocenters. The molecule has 2 aromatic carbocycles. The van der Waals surface area contributed by atoms with E-state index in [1.54, 1.807) is 0 Å². The molecular formula is C25H34N2O4. The second-order valence-corrected chi connectivity index (χ2v) is 8.90. The number of benzene rings is 2. The Balaban J connectivity index is 1.18. The van der Waals surface area contributed by atoms with Gasteiger partial charge in [-0.2, -0.15) is 0 Å². The number of hydrogen-bond acceptors (Lipinski definition) is 6. The molecule has 0 amide bonds. The fourth-order valence-electron chi connectivity index (χ4n) is 4.36. The molecule has 2 aliphatic heterocycles. The van der Waals surface area contributed by atoms with E-state index >= 15 is 0 Å². The number of hydrogen-bond donors (Lipinski definition) is 1. The summed E-state index contributed by atoms with van der Waals surface area (Å²) in [7, 11) is 0. The Morgan fingerprint density at radius 2 is 1.71 bits per heavy atom. The van der Waals surface area contributed by atoms with E-state index in [0.717, 1.165) is 50.0 Å². The summed E-state index contributed by atoms with van der Waals surface area (Å²) in [5, 5.41) is 10.5. The molecule has 0 spiro atoms. The predicted molar refractivity (Wildman–Crippen MR) is 121 cm³/mol. The molecule has 0 bridgehead atoms. The van der Waals surface area contributed by atoms with Crippen molar-refractivity contribution >= 4 is 0 Å². The zero-order valence-electron chi connectivity index (χ0n) is 18.8. The molecule has 6 nitrogen and oxygen atoms in total. The van der Waals surface area contributed by atoms with E-state index in [1.165, 1.54) is 16.7 Å². The summed E-state index contributed by atoms with van der Waals surface area (Å²) < 4.78 is 16.7. The van der Waals surface area contributed by atoms with Gasteiger partial charge in [-0.1, -0.05) is 26.0 Å². The summed E-state index contributed by atoms with van der Waals surface area (Å²) in [5.41, 5.74) is 3.82. The van der Waals surface area contributed by atoms with Crippen LogP contribution in [-0.2, 0) is 6.54 Å². The highest BCUT2D eigenvalue weighted by Crippen LogP contribution is 2.32.